The summed E-state index contributed by atoms with van der Waals surface area (Å²) >= 11 is 0. The SMILES string of the molecule is CNC(C)c1c(OC)cccc1N(CC(C)C)C1CC1. The van der Waals surface area contributed by atoms with Gasteiger partial charge in [0, 0.05) is 29.9 Å². The number of hydrogen-bond acceptors (Lipinski definition) is 3. The fourth-order valence-corrected chi connectivity index (χ4v) is 2.76. The smallest absolute Gasteiger partial charge is 0.125 e. The van der Waals surface area contributed by atoms with Crippen LogP contribution >= 0.6 is 0 Å². The average Bonchev–Trinajstić information content (AvgIpc) is 3.27. The first kappa shape index (κ1) is 15.2. The lowest BCUT2D eigenvalue weighted by Crippen LogP contribution is -2.31. The van der Waals surface area contributed by atoms with Gasteiger partial charge in [-0.3, -0.25) is 0 Å². The summed E-state index contributed by atoms with van der Waals surface area (Å²) in [5, 5.41) is 3.36. The molecule has 1 N–H and O–H groups in total. The Morgan fingerprint density at radius 1 is 1.30 bits per heavy atom. The summed E-state index contributed by atoms with van der Waals surface area (Å²) in [6.07, 6.45) is 2.63. The molecule has 1 aromatic rings. The summed E-state index contributed by atoms with van der Waals surface area (Å²) in [4.78, 5) is 2.58. The Hall–Kier alpha value is -1.22. The number of benzene rings is 1. The highest BCUT2D eigenvalue weighted by molar-refractivity contribution is 5.62. The van der Waals surface area contributed by atoms with E-state index in [9.17, 15) is 0 Å². The van der Waals surface area contributed by atoms with Crippen molar-refractivity contribution in [2.45, 2.75) is 45.7 Å². The number of nitrogens with zero attached hydrogens (tertiary/aromatic N) is 1. The molecule has 0 amide bonds. The van der Waals surface area contributed by atoms with E-state index in [-0.39, 0.29) is 6.04 Å². The number of ether oxygens (including phenoxy) is 1. The highest BCUT2D eigenvalue weighted by Gasteiger charge is 2.32. The van der Waals surface area contributed by atoms with Gasteiger partial charge in [-0.15, -0.1) is 0 Å². The van der Waals surface area contributed by atoms with Crippen LogP contribution in [0.3, 0.4) is 0 Å². The van der Waals surface area contributed by atoms with E-state index >= 15 is 0 Å². The molecule has 1 fully saturated rings. The molecule has 1 saturated carbocycles. The van der Waals surface area contributed by atoms with Crippen LogP contribution in [0, 0.1) is 5.92 Å². The zero-order chi connectivity index (χ0) is 14.7. The van der Waals surface area contributed by atoms with Crippen LogP contribution in [-0.2, 0) is 0 Å². The molecule has 0 heterocycles. The van der Waals surface area contributed by atoms with Crippen molar-refractivity contribution in [1.29, 1.82) is 0 Å². The molecule has 2 rings (SSSR count). The second-order valence-electron chi connectivity index (χ2n) is 6.18. The Labute approximate surface area is 123 Å². The normalized spacial score (nSPS) is 16.3. The fraction of sp³-hybridized carbons (Fsp3) is 0.647. The maximum absolute atomic E-state index is 5.60. The molecular formula is C17H28N2O. The highest BCUT2D eigenvalue weighted by atomic mass is 16.5. The summed E-state index contributed by atoms with van der Waals surface area (Å²) in [6, 6.07) is 7.41. The molecule has 20 heavy (non-hydrogen) atoms. The maximum atomic E-state index is 5.60. The third-order valence-electron chi connectivity index (χ3n) is 3.99. The predicted molar refractivity (Wildman–Crippen MR) is 85.7 cm³/mol. The van der Waals surface area contributed by atoms with Gasteiger partial charge in [-0.05, 0) is 44.9 Å². The molecular weight excluding hydrogens is 248 g/mol. The van der Waals surface area contributed by atoms with E-state index in [4.69, 9.17) is 4.74 Å². The van der Waals surface area contributed by atoms with E-state index in [1.54, 1.807) is 7.11 Å². The largest absolute Gasteiger partial charge is 0.496 e. The standard InChI is InChI=1S/C17H28N2O/c1-12(2)11-19(14-9-10-14)15-7-6-8-16(20-5)17(15)13(3)18-4/h6-8,12-14,18H,9-11H2,1-5H3. The maximum Gasteiger partial charge on any atom is 0.125 e. The van der Waals surface area contributed by atoms with Gasteiger partial charge in [0.25, 0.3) is 0 Å². The van der Waals surface area contributed by atoms with Crippen molar-refractivity contribution in [3.8, 4) is 5.75 Å². The van der Waals surface area contributed by atoms with Crippen molar-refractivity contribution in [3.63, 3.8) is 0 Å². The van der Waals surface area contributed by atoms with Crippen LogP contribution in [0.5, 0.6) is 5.75 Å². The minimum atomic E-state index is 0.287. The molecule has 1 aliphatic carbocycles. The van der Waals surface area contributed by atoms with Crippen molar-refractivity contribution in [1.82, 2.24) is 5.32 Å². The molecule has 112 valence electrons. The van der Waals surface area contributed by atoms with Gasteiger partial charge in [-0.1, -0.05) is 19.9 Å². The first-order chi connectivity index (χ1) is 9.58. The Kier molecular flexibility index (Phi) is 4.92. The number of rotatable bonds is 7. The van der Waals surface area contributed by atoms with Gasteiger partial charge in [-0.2, -0.15) is 0 Å². The van der Waals surface area contributed by atoms with Crippen molar-refractivity contribution >= 4 is 5.69 Å². The van der Waals surface area contributed by atoms with E-state index < -0.39 is 0 Å². The van der Waals surface area contributed by atoms with Gasteiger partial charge >= 0.3 is 0 Å². The Morgan fingerprint density at radius 3 is 2.50 bits per heavy atom. The molecule has 0 saturated heterocycles. The van der Waals surface area contributed by atoms with Crippen LogP contribution < -0.4 is 15.0 Å². The van der Waals surface area contributed by atoms with E-state index in [2.05, 4.69) is 49.2 Å². The zero-order valence-electron chi connectivity index (χ0n) is 13.4. The molecule has 1 aliphatic rings. The summed E-state index contributed by atoms with van der Waals surface area (Å²) < 4.78 is 5.60. The number of methoxy groups -OCH3 is 1. The lowest BCUT2D eigenvalue weighted by molar-refractivity contribution is 0.403. The third kappa shape index (κ3) is 3.26. The first-order valence-corrected chi connectivity index (χ1v) is 7.69. The summed E-state index contributed by atoms with van der Waals surface area (Å²) in [6.45, 7) is 7.89. The van der Waals surface area contributed by atoms with Crippen molar-refractivity contribution < 1.29 is 4.74 Å². The molecule has 0 radical (unpaired) electrons. The minimum absolute atomic E-state index is 0.287. The van der Waals surface area contributed by atoms with Gasteiger partial charge in [0.15, 0.2) is 0 Å². The van der Waals surface area contributed by atoms with Crippen LogP contribution in [0.25, 0.3) is 0 Å². The van der Waals surface area contributed by atoms with E-state index in [0.717, 1.165) is 12.3 Å². The van der Waals surface area contributed by atoms with Crippen LogP contribution in [0.15, 0.2) is 18.2 Å². The summed E-state index contributed by atoms with van der Waals surface area (Å²) in [5.74, 6) is 1.65. The van der Waals surface area contributed by atoms with Crippen LogP contribution in [-0.4, -0.2) is 26.7 Å². The lowest BCUT2D eigenvalue weighted by Gasteiger charge is -2.31. The molecule has 0 spiro atoms. The van der Waals surface area contributed by atoms with E-state index in [1.165, 1.54) is 24.1 Å². The third-order valence-corrected chi connectivity index (χ3v) is 3.99. The Morgan fingerprint density at radius 2 is 2.00 bits per heavy atom. The van der Waals surface area contributed by atoms with Crippen molar-refractivity contribution in [2.75, 3.05) is 25.6 Å². The van der Waals surface area contributed by atoms with Gasteiger partial charge in [0.1, 0.15) is 5.75 Å². The van der Waals surface area contributed by atoms with Crippen molar-refractivity contribution in [3.05, 3.63) is 23.8 Å². The number of hydrogen-bond donors (Lipinski definition) is 1. The average molecular weight is 276 g/mol. The molecule has 3 nitrogen and oxygen atoms in total. The summed E-state index contributed by atoms with van der Waals surface area (Å²) in [5.41, 5.74) is 2.62. The summed E-state index contributed by atoms with van der Waals surface area (Å²) in [7, 11) is 3.76. The lowest BCUT2D eigenvalue weighted by atomic mass is 10.0. The first-order valence-electron chi connectivity index (χ1n) is 7.69. The Bertz CT molecular complexity index is 441. The molecule has 1 unspecified atom stereocenters. The van der Waals surface area contributed by atoms with Gasteiger partial charge < -0.3 is 15.0 Å². The zero-order valence-corrected chi connectivity index (χ0v) is 13.4. The quantitative estimate of drug-likeness (QED) is 0.823. The van der Waals surface area contributed by atoms with Gasteiger partial charge in [0.2, 0.25) is 0 Å². The predicted octanol–water partition coefficient (Wildman–Crippen LogP) is 3.60. The van der Waals surface area contributed by atoms with E-state index in [0.29, 0.717) is 12.0 Å². The number of anilines is 1. The fourth-order valence-electron chi connectivity index (χ4n) is 2.76. The van der Waals surface area contributed by atoms with Crippen molar-refractivity contribution in [2.24, 2.45) is 5.92 Å². The molecule has 0 aliphatic heterocycles. The molecule has 3 heteroatoms. The highest BCUT2D eigenvalue weighted by Crippen LogP contribution is 2.40. The molecule has 1 aromatic carbocycles. The minimum Gasteiger partial charge on any atom is -0.496 e. The Balaban J connectivity index is 2.42. The topological polar surface area (TPSA) is 24.5 Å². The number of nitrogens with one attached hydrogen (secondary N) is 1. The second-order valence-corrected chi connectivity index (χ2v) is 6.18. The molecule has 0 aromatic heterocycles. The monoisotopic (exact) mass is 276 g/mol. The van der Waals surface area contributed by atoms with Gasteiger partial charge in [-0.25, -0.2) is 0 Å². The molecule has 0 bridgehead atoms. The van der Waals surface area contributed by atoms with Crippen LogP contribution in [0.4, 0.5) is 5.69 Å². The molecule has 1 atom stereocenters. The van der Waals surface area contributed by atoms with Crippen LogP contribution in [0.1, 0.15) is 45.2 Å². The van der Waals surface area contributed by atoms with Gasteiger partial charge in [0.05, 0.1) is 7.11 Å². The second kappa shape index (κ2) is 6.49. The van der Waals surface area contributed by atoms with Crippen LogP contribution in [0.2, 0.25) is 0 Å². The van der Waals surface area contributed by atoms with E-state index in [1.807, 2.05) is 7.05 Å².